The molecule has 0 fully saturated rings. The molecule has 1 amide bonds. The maximum absolute atomic E-state index is 12.1. The first-order valence-electron chi connectivity index (χ1n) is 8.44. The van der Waals surface area contributed by atoms with Crippen LogP contribution in [-0.2, 0) is 4.79 Å². The van der Waals surface area contributed by atoms with E-state index in [4.69, 9.17) is 9.47 Å². The molecule has 1 N–H and O–H groups in total. The van der Waals surface area contributed by atoms with E-state index in [0.29, 0.717) is 18.9 Å². The fourth-order valence-electron chi connectivity index (χ4n) is 2.57. The topological polar surface area (TPSA) is 47.6 Å². The van der Waals surface area contributed by atoms with E-state index in [0.717, 1.165) is 21.0 Å². The minimum Gasteiger partial charge on any atom is -0.491 e. The molecule has 0 aliphatic rings. The SMILES string of the molecule is CC(Oc1ccc(Br)cc1)C(=O)NCCOc1cccc2ccccc12. The van der Waals surface area contributed by atoms with Gasteiger partial charge in [-0.05, 0) is 42.6 Å². The summed E-state index contributed by atoms with van der Waals surface area (Å²) < 4.78 is 12.4. The molecule has 134 valence electrons. The molecule has 0 aliphatic carbocycles. The number of carbonyl (C=O) groups is 1. The Balaban J connectivity index is 1.46. The highest BCUT2D eigenvalue weighted by molar-refractivity contribution is 9.10. The Labute approximate surface area is 161 Å². The number of fused-ring (bicyclic) bond motifs is 1. The fourth-order valence-corrected chi connectivity index (χ4v) is 2.84. The summed E-state index contributed by atoms with van der Waals surface area (Å²) in [6.45, 7) is 2.53. The Hall–Kier alpha value is -2.53. The highest BCUT2D eigenvalue weighted by atomic mass is 79.9. The van der Waals surface area contributed by atoms with Gasteiger partial charge in [0.2, 0.25) is 0 Å². The molecule has 3 rings (SSSR count). The number of benzene rings is 3. The van der Waals surface area contributed by atoms with Gasteiger partial charge in [-0.3, -0.25) is 4.79 Å². The molecule has 0 aromatic heterocycles. The van der Waals surface area contributed by atoms with Crippen molar-refractivity contribution in [3.63, 3.8) is 0 Å². The Kier molecular flexibility index (Phi) is 6.12. The van der Waals surface area contributed by atoms with Gasteiger partial charge in [0.05, 0.1) is 6.54 Å². The second-order valence-corrected chi connectivity index (χ2v) is 6.75. The van der Waals surface area contributed by atoms with Gasteiger partial charge in [-0.1, -0.05) is 52.3 Å². The highest BCUT2D eigenvalue weighted by Crippen LogP contribution is 2.24. The molecule has 0 heterocycles. The van der Waals surface area contributed by atoms with Crippen LogP contribution in [0.3, 0.4) is 0 Å². The van der Waals surface area contributed by atoms with Crippen LogP contribution in [0.1, 0.15) is 6.92 Å². The van der Waals surface area contributed by atoms with Crippen LogP contribution in [0.15, 0.2) is 71.2 Å². The lowest BCUT2D eigenvalue weighted by Crippen LogP contribution is -2.38. The van der Waals surface area contributed by atoms with Gasteiger partial charge in [-0.15, -0.1) is 0 Å². The lowest BCUT2D eigenvalue weighted by atomic mass is 10.1. The third kappa shape index (κ3) is 4.76. The Morgan fingerprint density at radius 1 is 1.04 bits per heavy atom. The number of ether oxygens (including phenoxy) is 2. The van der Waals surface area contributed by atoms with E-state index < -0.39 is 6.10 Å². The van der Waals surface area contributed by atoms with Crippen molar-refractivity contribution in [2.75, 3.05) is 13.2 Å². The van der Waals surface area contributed by atoms with Crippen LogP contribution in [0.5, 0.6) is 11.5 Å². The van der Waals surface area contributed by atoms with Crippen molar-refractivity contribution in [3.05, 3.63) is 71.2 Å². The van der Waals surface area contributed by atoms with E-state index in [-0.39, 0.29) is 5.91 Å². The van der Waals surface area contributed by atoms with Crippen molar-refractivity contribution in [3.8, 4) is 11.5 Å². The standard InChI is InChI=1S/C21H20BrNO3/c1-15(26-18-11-9-17(22)10-12-18)21(24)23-13-14-25-20-8-4-6-16-5-2-3-7-19(16)20/h2-12,15H,13-14H2,1H3,(H,23,24). The van der Waals surface area contributed by atoms with Crippen LogP contribution in [0.4, 0.5) is 0 Å². The zero-order valence-electron chi connectivity index (χ0n) is 14.4. The van der Waals surface area contributed by atoms with Crippen molar-refractivity contribution >= 4 is 32.6 Å². The van der Waals surface area contributed by atoms with Crippen LogP contribution in [-0.4, -0.2) is 25.2 Å². The number of nitrogens with one attached hydrogen (secondary N) is 1. The molecule has 3 aromatic carbocycles. The molecule has 0 radical (unpaired) electrons. The monoisotopic (exact) mass is 413 g/mol. The second kappa shape index (κ2) is 8.72. The quantitative estimate of drug-likeness (QED) is 0.577. The van der Waals surface area contributed by atoms with Crippen molar-refractivity contribution in [2.24, 2.45) is 0 Å². The largest absolute Gasteiger partial charge is 0.491 e. The van der Waals surface area contributed by atoms with E-state index in [2.05, 4.69) is 21.2 Å². The first kappa shape index (κ1) is 18.3. The number of halogens is 1. The number of hydrogen-bond donors (Lipinski definition) is 1. The van der Waals surface area contributed by atoms with Crippen molar-refractivity contribution in [1.82, 2.24) is 5.32 Å². The van der Waals surface area contributed by atoms with Crippen LogP contribution in [0.25, 0.3) is 10.8 Å². The zero-order valence-corrected chi connectivity index (χ0v) is 16.0. The Bertz CT molecular complexity index is 875. The number of carbonyl (C=O) groups excluding carboxylic acids is 1. The first-order valence-corrected chi connectivity index (χ1v) is 9.23. The molecule has 0 aliphatic heterocycles. The molecular weight excluding hydrogens is 394 g/mol. The predicted octanol–water partition coefficient (Wildman–Crippen LogP) is 4.56. The van der Waals surface area contributed by atoms with E-state index in [9.17, 15) is 4.79 Å². The van der Waals surface area contributed by atoms with Crippen LogP contribution in [0, 0.1) is 0 Å². The molecule has 26 heavy (non-hydrogen) atoms. The normalized spacial score (nSPS) is 11.8. The van der Waals surface area contributed by atoms with Crippen molar-refractivity contribution < 1.29 is 14.3 Å². The van der Waals surface area contributed by atoms with Crippen LogP contribution < -0.4 is 14.8 Å². The number of rotatable bonds is 7. The third-order valence-electron chi connectivity index (χ3n) is 3.90. The van der Waals surface area contributed by atoms with Gasteiger partial charge in [0, 0.05) is 9.86 Å². The third-order valence-corrected chi connectivity index (χ3v) is 4.43. The maximum Gasteiger partial charge on any atom is 0.260 e. The van der Waals surface area contributed by atoms with Gasteiger partial charge < -0.3 is 14.8 Å². The van der Waals surface area contributed by atoms with Gasteiger partial charge in [0.1, 0.15) is 18.1 Å². The second-order valence-electron chi connectivity index (χ2n) is 5.83. The fraction of sp³-hybridized carbons (Fsp3) is 0.190. The summed E-state index contributed by atoms with van der Waals surface area (Å²) in [5, 5.41) is 5.03. The molecule has 4 nitrogen and oxygen atoms in total. The van der Waals surface area contributed by atoms with Gasteiger partial charge in [-0.2, -0.15) is 0 Å². The minimum atomic E-state index is -0.575. The van der Waals surface area contributed by atoms with Gasteiger partial charge in [0.15, 0.2) is 6.10 Å². The van der Waals surface area contributed by atoms with Crippen LogP contribution >= 0.6 is 15.9 Å². The summed E-state index contributed by atoms with van der Waals surface area (Å²) in [4.78, 5) is 12.1. The summed E-state index contributed by atoms with van der Waals surface area (Å²) in [7, 11) is 0. The first-order chi connectivity index (χ1) is 12.6. The molecule has 0 saturated carbocycles. The smallest absolute Gasteiger partial charge is 0.260 e. The van der Waals surface area contributed by atoms with E-state index in [1.807, 2.05) is 66.7 Å². The van der Waals surface area contributed by atoms with Crippen LogP contribution in [0.2, 0.25) is 0 Å². The Morgan fingerprint density at radius 2 is 1.77 bits per heavy atom. The summed E-state index contributed by atoms with van der Waals surface area (Å²) in [5.41, 5.74) is 0. The number of amides is 1. The van der Waals surface area contributed by atoms with E-state index in [1.165, 1.54) is 0 Å². The molecule has 5 heteroatoms. The molecule has 0 bridgehead atoms. The summed E-state index contributed by atoms with van der Waals surface area (Å²) in [6.07, 6.45) is -0.575. The van der Waals surface area contributed by atoms with Crippen molar-refractivity contribution in [1.29, 1.82) is 0 Å². The summed E-state index contributed by atoms with van der Waals surface area (Å²) in [5.74, 6) is 1.30. The molecule has 0 spiro atoms. The zero-order chi connectivity index (χ0) is 18.4. The van der Waals surface area contributed by atoms with Crippen molar-refractivity contribution in [2.45, 2.75) is 13.0 Å². The maximum atomic E-state index is 12.1. The summed E-state index contributed by atoms with van der Waals surface area (Å²) in [6, 6.07) is 21.4. The predicted molar refractivity (Wildman–Crippen MR) is 107 cm³/mol. The van der Waals surface area contributed by atoms with Gasteiger partial charge >= 0.3 is 0 Å². The van der Waals surface area contributed by atoms with E-state index >= 15 is 0 Å². The molecule has 1 atom stereocenters. The molecule has 3 aromatic rings. The average Bonchev–Trinajstić information content (AvgIpc) is 2.67. The molecule has 0 saturated heterocycles. The Morgan fingerprint density at radius 3 is 2.58 bits per heavy atom. The highest BCUT2D eigenvalue weighted by Gasteiger charge is 2.14. The lowest BCUT2D eigenvalue weighted by molar-refractivity contribution is -0.127. The average molecular weight is 414 g/mol. The van der Waals surface area contributed by atoms with Gasteiger partial charge in [0.25, 0.3) is 5.91 Å². The minimum absolute atomic E-state index is 0.172. The number of hydrogen-bond acceptors (Lipinski definition) is 3. The van der Waals surface area contributed by atoms with Gasteiger partial charge in [-0.25, -0.2) is 0 Å². The molecule has 1 unspecified atom stereocenters. The molecular formula is C21H20BrNO3. The lowest BCUT2D eigenvalue weighted by Gasteiger charge is -2.15. The summed E-state index contributed by atoms with van der Waals surface area (Å²) >= 11 is 3.37. The van der Waals surface area contributed by atoms with E-state index in [1.54, 1.807) is 6.92 Å².